The van der Waals surface area contributed by atoms with Crippen molar-refractivity contribution in [1.29, 1.82) is 0 Å². The predicted molar refractivity (Wildman–Crippen MR) is 92.3 cm³/mol. The van der Waals surface area contributed by atoms with Gasteiger partial charge in [-0.1, -0.05) is 6.42 Å². The van der Waals surface area contributed by atoms with Crippen LogP contribution < -0.4 is 5.43 Å². The molecule has 0 unspecified atom stereocenters. The van der Waals surface area contributed by atoms with Gasteiger partial charge in [-0.05, 0) is 37.1 Å². The number of furan rings is 1. The van der Waals surface area contributed by atoms with Crippen molar-refractivity contribution in [2.75, 3.05) is 6.54 Å². The maximum Gasteiger partial charge on any atom is 0.269 e. The maximum absolute atomic E-state index is 10.7. The molecule has 2 heterocycles. The lowest BCUT2D eigenvalue weighted by atomic mass is 10.1. The van der Waals surface area contributed by atoms with E-state index in [0.717, 1.165) is 37.2 Å². The van der Waals surface area contributed by atoms with Crippen molar-refractivity contribution in [3.05, 3.63) is 52.3 Å². The van der Waals surface area contributed by atoms with Gasteiger partial charge in [-0.15, -0.1) is 0 Å². The third-order valence-electron chi connectivity index (χ3n) is 3.75. The fourth-order valence-electron chi connectivity index (χ4n) is 2.46. The quantitative estimate of drug-likeness (QED) is 0.526. The number of amidine groups is 1. The largest absolute Gasteiger partial charge is 0.455 e. The lowest BCUT2D eigenvalue weighted by molar-refractivity contribution is -0.384. The number of non-ortho nitro benzene ring substituents is 1. The smallest absolute Gasteiger partial charge is 0.269 e. The van der Waals surface area contributed by atoms with Crippen molar-refractivity contribution < 1.29 is 9.34 Å². The van der Waals surface area contributed by atoms with Gasteiger partial charge < -0.3 is 4.42 Å². The van der Waals surface area contributed by atoms with Gasteiger partial charge in [0.1, 0.15) is 17.4 Å². The monoisotopic (exact) mass is 326 g/mol. The second-order valence-electron chi connectivity index (χ2n) is 5.52. The maximum atomic E-state index is 10.7. The van der Waals surface area contributed by atoms with E-state index in [9.17, 15) is 10.1 Å². The van der Waals surface area contributed by atoms with Crippen LogP contribution in [0.15, 0.2) is 50.9 Å². The van der Waals surface area contributed by atoms with Crippen LogP contribution in [0.3, 0.4) is 0 Å². The van der Waals surface area contributed by atoms with Gasteiger partial charge in [0.2, 0.25) is 0 Å². The highest BCUT2D eigenvalue weighted by Crippen LogP contribution is 2.23. The Labute approximate surface area is 139 Å². The van der Waals surface area contributed by atoms with Gasteiger partial charge in [0.25, 0.3) is 5.69 Å². The number of nitro benzene ring substituents is 1. The van der Waals surface area contributed by atoms with E-state index in [0.29, 0.717) is 11.5 Å². The summed E-state index contributed by atoms with van der Waals surface area (Å²) in [4.78, 5) is 14.7. The summed E-state index contributed by atoms with van der Waals surface area (Å²) in [6.07, 6.45) is 5.99. The van der Waals surface area contributed by atoms with Gasteiger partial charge in [0, 0.05) is 30.7 Å². The second kappa shape index (κ2) is 7.54. The van der Waals surface area contributed by atoms with E-state index in [1.54, 1.807) is 24.4 Å². The van der Waals surface area contributed by atoms with E-state index in [-0.39, 0.29) is 5.69 Å². The highest BCUT2D eigenvalue weighted by atomic mass is 16.6. The van der Waals surface area contributed by atoms with Gasteiger partial charge >= 0.3 is 0 Å². The zero-order valence-electron chi connectivity index (χ0n) is 13.1. The van der Waals surface area contributed by atoms with Crippen molar-refractivity contribution in [3.63, 3.8) is 0 Å². The van der Waals surface area contributed by atoms with Crippen LogP contribution in [-0.2, 0) is 0 Å². The summed E-state index contributed by atoms with van der Waals surface area (Å²) in [5.41, 5.74) is 3.80. The van der Waals surface area contributed by atoms with Gasteiger partial charge in [-0.25, -0.2) is 0 Å². The Morgan fingerprint density at radius 1 is 1.17 bits per heavy atom. The van der Waals surface area contributed by atoms with Crippen molar-refractivity contribution in [1.82, 2.24) is 5.43 Å². The fraction of sp³-hybridized carbons (Fsp3) is 0.294. The molecule has 1 aromatic carbocycles. The summed E-state index contributed by atoms with van der Waals surface area (Å²) in [5, 5.41) is 14.8. The Morgan fingerprint density at radius 2 is 2.00 bits per heavy atom. The SMILES string of the molecule is O=[N+]([O-])c1ccc(-c2ccc(/C=N/NC3=NCCCCC3)o2)cc1. The zero-order chi connectivity index (χ0) is 16.8. The number of nitro groups is 1. The summed E-state index contributed by atoms with van der Waals surface area (Å²) >= 11 is 0. The van der Waals surface area contributed by atoms with Crippen LogP contribution in [0.1, 0.15) is 31.4 Å². The summed E-state index contributed by atoms with van der Waals surface area (Å²) in [7, 11) is 0. The second-order valence-corrected chi connectivity index (χ2v) is 5.52. The minimum atomic E-state index is -0.425. The molecule has 0 amide bonds. The van der Waals surface area contributed by atoms with Crippen molar-refractivity contribution in [2.24, 2.45) is 10.1 Å². The molecule has 0 saturated carbocycles. The van der Waals surface area contributed by atoms with Gasteiger partial charge in [-0.3, -0.25) is 20.5 Å². The first-order chi connectivity index (χ1) is 11.7. The van der Waals surface area contributed by atoms with Crippen LogP contribution in [0, 0.1) is 10.1 Å². The van der Waals surface area contributed by atoms with Crippen LogP contribution in [0.4, 0.5) is 5.69 Å². The van der Waals surface area contributed by atoms with E-state index in [1.807, 2.05) is 6.07 Å². The summed E-state index contributed by atoms with van der Waals surface area (Å²) in [6, 6.07) is 9.85. The lowest BCUT2D eigenvalue weighted by Gasteiger charge is -2.01. The summed E-state index contributed by atoms with van der Waals surface area (Å²) < 4.78 is 5.69. The number of benzene rings is 1. The van der Waals surface area contributed by atoms with E-state index in [1.165, 1.54) is 18.6 Å². The Kier molecular flexibility index (Phi) is 5.00. The highest BCUT2D eigenvalue weighted by Gasteiger charge is 2.08. The van der Waals surface area contributed by atoms with E-state index < -0.39 is 4.92 Å². The molecule has 7 heteroatoms. The molecule has 1 N–H and O–H groups in total. The minimum Gasteiger partial charge on any atom is -0.455 e. The molecule has 1 aromatic heterocycles. The normalized spacial score (nSPS) is 15.1. The van der Waals surface area contributed by atoms with Crippen LogP contribution in [0.5, 0.6) is 0 Å². The average Bonchev–Trinajstić information content (AvgIpc) is 2.91. The molecule has 1 aliphatic heterocycles. The third kappa shape index (κ3) is 4.07. The molecule has 1 aliphatic rings. The first-order valence-electron chi connectivity index (χ1n) is 7.89. The molecule has 0 atom stereocenters. The number of hydrogen-bond donors (Lipinski definition) is 1. The van der Waals surface area contributed by atoms with Crippen LogP contribution >= 0.6 is 0 Å². The van der Waals surface area contributed by atoms with Gasteiger partial charge in [-0.2, -0.15) is 5.10 Å². The molecule has 0 fully saturated rings. The van der Waals surface area contributed by atoms with Crippen molar-refractivity contribution >= 4 is 17.7 Å². The number of aliphatic imine (C=N–C) groups is 1. The van der Waals surface area contributed by atoms with Crippen LogP contribution in [-0.4, -0.2) is 23.5 Å². The molecular formula is C17H18N4O3. The lowest BCUT2D eigenvalue weighted by Crippen LogP contribution is -2.17. The van der Waals surface area contributed by atoms with E-state index in [2.05, 4.69) is 15.5 Å². The van der Waals surface area contributed by atoms with Gasteiger partial charge in [0.15, 0.2) is 0 Å². The van der Waals surface area contributed by atoms with Crippen molar-refractivity contribution in [2.45, 2.75) is 25.7 Å². The Bertz CT molecular complexity index is 762. The summed E-state index contributed by atoms with van der Waals surface area (Å²) in [5.74, 6) is 2.15. The number of rotatable bonds is 4. The van der Waals surface area contributed by atoms with Crippen molar-refractivity contribution in [3.8, 4) is 11.3 Å². The molecule has 0 radical (unpaired) electrons. The Hall–Kier alpha value is -2.96. The number of hydrazone groups is 1. The molecule has 0 bridgehead atoms. The molecule has 0 spiro atoms. The molecule has 0 aliphatic carbocycles. The Balaban J connectivity index is 1.63. The minimum absolute atomic E-state index is 0.0560. The fourth-order valence-corrected chi connectivity index (χ4v) is 2.46. The first-order valence-corrected chi connectivity index (χ1v) is 7.89. The Morgan fingerprint density at radius 3 is 2.79 bits per heavy atom. The highest BCUT2D eigenvalue weighted by molar-refractivity contribution is 5.84. The van der Waals surface area contributed by atoms with Crippen LogP contribution in [0.25, 0.3) is 11.3 Å². The molecule has 7 nitrogen and oxygen atoms in total. The number of nitrogens with zero attached hydrogens (tertiary/aromatic N) is 3. The third-order valence-corrected chi connectivity index (χ3v) is 3.75. The van der Waals surface area contributed by atoms with Gasteiger partial charge in [0.05, 0.1) is 11.1 Å². The standard InChI is InChI=1S/C17H18N4O3/c22-21(23)14-7-5-13(6-8-14)16-10-9-15(24-16)12-19-20-17-4-2-1-3-11-18-17/h5-10,12H,1-4,11H2,(H,18,20)/b19-12+. The molecule has 124 valence electrons. The molecule has 2 aromatic rings. The first kappa shape index (κ1) is 15.9. The van der Waals surface area contributed by atoms with Crippen LogP contribution in [0.2, 0.25) is 0 Å². The predicted octanol–water partition coefficient (Wildman–Crippen LogP) is 3.75. The number of hydrogen-bond acceptors (Lipinski definition) is 6. The molecule has 3 rings (SSSR count). The topological polar surface area (TPSA) is 93.0 Å². The summed E-state index contributed by atoms with van der Waals surface area (Å²) in [6.45, 7) is 0.850. The zero-order valence-corrected chi connectivity index (χ0v) is 13.1. The van der Waals surface area contributed by atoms with E-state index >= 15 is 0 Å². The average molecular weight is 326 g/mol. The molecule has 0 saturated heterocycles. The van der Waals surface area contributed by atoms with E-state index in [4.69, 9.17) is 4.42 Å². The molecular weight excluding hydrogens is 308 g/mol. The number of nitrogens with one attached hydrogen (secondary N) is 1. The molecule has 24 heavy (non-hydrogen) atoms.